The molecule has 0 unspecified atom stereocenters. The van der Waals surface area contributed by atoms with Gasteiger partial charge in [-0.25, -0.2) is 0 Å². The number of hydrogen-bond donors (Lipinski definition) is 3. The molecule has 0 atom stereocenters. The molecule has 3 N–H and O–H groups in total. The Morgan fingerprint density at radius 2 is 2.00 bits per heavy atom. The summed E-state index contributed by atoms with van der Waals surface area (Å²) in [4.78, 5) is 11.3. The molecule has 0 heterocycles. The van der Waals surface area contributed by atoms with Gasteiger partial charge in [0, 0.05) is 11.6 Å². The van der Waals surface area contributed by atoms with E-state index in [-0.39, 0.29) is 17.6 Å². The number of rotatable bonds is 3. The van der Waals surface area contributed by atoms with Gasteiger partial charge in [-0.15, -0.1) is 0 Å². The Labute approximate surface area is 85.1 Å². The predicted octanol–water partition coefficient (Wildman–Crippen LogP) is 0.0140. The third kappa shape index (κ3) is 4.07. The Balaban J connectivity index is 2.10. The van der Waals surface area contributed by atoms with Gasteiger partial charge in [0.2, 0.25) is 5.91 Å². The smallest absolute Gasteiger partial charge is 0.234 e. The van der Waals surface area contributed by atoms with Gasteiger partial charge in [0.05, 0.1) is 12.6 Å². The summed E-state index contributed by atoms with van der Waals surface area (Å²) in [6.07, 6.45) is 1.36. The fourth-order valence-electron chi connectivity index (χ4n) is 1.45. The van der Waals surface area contributed by atoms with E-state index in [0.717, 1.165) is 12.8 Å². The van der Waals surface area contributed by atoms with Crippen molar-refractivity contribution in [1.82, 2.24) is 10.6 Å². The van der Waals surface area contributed by atoms with Gasteiger partial charge in [0.1, 0.15) is 0 Å². The largest absolute Gasteiger partial charge is 0.393 e. The molecule has 1 saturated carbocycles. The molecule has 4 heteroatoms. The van der Waals surface area contributed by atoms with Crippen molar-refractivity contribution in [2.45, 2.75) is 51.3 Å². The Morgan fingerprint density at radius 3 is 2.43 bits per heavy atom. The van der Waals surface area contributed by atoms with E-state index >= 15 is 0 Å². The van der Waals surface area contributed by atoms with Crippen LogP contribution in [0, 0.1) is 0 Å². The minimum atomic E-state index is -0.169. The molecule has 0 aliphatic heterocycles. The summed E-state index contributed by atoms with van der Waals surface area (Å²) in [6, 6.07) is 0.315. The molecule has 1 amide bonds. The number of aliphatic hydroxyl groups is 1. The van der Waals surface area contributed by atoms with Gasteiger partial charge in [-0.2, -0.15) is 0 Å². The minimum Gasteiger partial charge on any atom is -0.393 e. The molecule has 1 rings (SSSR count). The first kappa shape index (κ1) is 11.5. The Hall–Kier alpha value is -0.610. The minimum absolute atomic E-state index is 0.0129. The van der Waals surface area contributed by atoms with E-state index < -0.39 is 0 Å². The third-order valence-electron chi connectivity index (χ3n) is 2.18. The Kier molecular flexibility index (Phi) is 3.50. The molecular formula is C10H20N2O2. The van der Waals surface area contributed by atoms with Gasteiger partial charge >= 0.3 is 0 Å². The van der Waals surface area contributed by atoms with Crippen molar-refractivity contribution >= 4 is 5.91 Å². The molecule has 0 aromatic rings. The van der Waals surface area contributed by atoms with Crippen molar-refractivity contribution in [2.24, 2.45) is 0 Å². The first-order valence-electron chi connectivity index (χ1n) is 5.09. The van der Waals surface area contributed by atoms with Crippen molar-refractivity contribution in [2.75, 3.05) is 6.54 Å². The van der Waals surface area contributed by atoms with Gasteiger partial charge in [-0.3, -0.25) is 4.79 Å². The third-order valence-corrected chi connectivity index (χ3v) is 2.18. The number of carbonyl (C=O) groups is 1. The van der Waals surface area contributed by atoms with E-state index in [4.69, 9.17) is 5.11 Å². The van der Waals surface area contributed by atoms with Crippen LogP contribution in [0.15, 0.2) is 0 Å². The maximum absolute atomic E-state index is 11.3. The first-order chi connectivity index (χ1) is 6.37. The van der Waals surface area contributed by atoms with Crippen LogP contribution in [0.5, 0.6) is 0 Å². The lowest BCUT2D eigenvalue weighted by atomic mass is 9.89. The molecule has 0 spiro atoms. The van der Waals surface area contributed by atoms with Gasteiger partial charge in [-0.1, -0.05) is 0 Å². The van der Waals surface area contributed by atoms with E-state index in [1.165, 1.54) is 0 Å². The normalized spacial score (nSPS) is 26.9. The lowest BCUT2D eigenvalue weighted by Gasteiger charge is -2.32. The monoisotopic (exact) mass is 200 g/mol. The van der Waals surface area contributed by atoms with Gasteiger partial charge in [-0.05, 0) is 33.6 Å². The second-order valence-electron chi connectivity index (χ2n) is 5.00. The van der Waals surface area contributed by atoms with Gasteiger partial charge in [0.15, 0.2) is 0 Å². The summed E-state index contributed by atoms with van der Waals surface area (Å²) in [6.45, 7) is 6.21. The zero-order valence-electron chi connectivity index (χ0n) is 9.13. The highest BCUT2D eigenvalue weighted by molar-refractivity contribution is 5.78. The van der Waals surface area contributed by atoms with Crippen LogP contribution >= 0.6 is 0 Å². The van der Waals surface area contributed by atoms with Gasteiger partial charge in [0.25, 0.3) is 0 Å². The standard InChI is InChI=1S/C10H20N2O2/c1-10(2,3)12-9(14)6-11-7-4-8(13)5-7/h7-8,11,13H,4-6H2,1-3H3,(H,12,14). The maximum atomic E-state index is 11.3. The molecule has 0 aromatic carbocycles. The number of hydrogen-bond acceptors (Lipinski definition) is 3. The summed E-state index contributed by atoms with van der Waals surface area (Å²) < 4.78 is 0. The topological polar surface area (TPSA) is 61.4 Å². The SMILES string of the molecule is CC(C)(C)NC(=O)CNC1CC(O)C1. The highest BCUT2D eigenvalue weighted by Gasteiger charge is 2.27. The van der Waals surface area contributed by atoms with E-state index in [1.807, 2.05) is 20.8 Å². The molecule has 1 aliphatic carbocycles. The Bertz CT molecular complexity index is 205. The second kappa shape index (κ2) is 4.28. The second-order valence-corrected chi connectivity index (χ2v) is 5.00. The zero-order valence-corrected chi connectivity index (χ0v) is 9.13. The van der Waals surface area contributed by atoms with Crippen molar-refractivity contribution in [3.05, 3.63) is 0 Å². The lowest BCUT2D eigenvalue weighted by molar-refractivity contribution is -0.122. The van der Waals surface area contributed by atoms with Crippen LogP contribution in [0.1, 0.15) is 33.6 Å². The van der Waals surface area contributed by atoms with E-state index in [2.05, 4.69) is 10.6 Å². The molecule has 0 saturated heterocycles. The zero-order chi connectivity index (χ0) is 10.8. The highest BCUT2D eigenvalue weighted by atomic mass is 16.3. The van der Waals surface area contributed by atoms with Crippen molar-refractivity contribution in [3.63, 3.8) is 0 Å². The van der Waals surface area contributed by atoms with Crippen LogP contribution in [0.2, 0.25) is 0 Å². The molecular weight excluding hydrogens is 180 g/mol. The average molecular weight is 200 g/mol. The van der Waals surface area contributed by atoms with Crippen molar-refractivity contribution in [1.29, 1.82) is 0 Å². The number of carbonyl (C=O) groups excluding carboxylic acids is 1. The maximum Gasteiger partial charge on any atom is 0.234 e. The summed E-state index contributed by atoms with van der Waals surface area (Å²) in [7, 11) is 0. The van der Waals surface area contributed by atoms with Gasteiger partial charge < -0.3 is 15.7 Å². The van der Waals surface area contributed by atoms with E-state index in [0.29, 0.717) is 12.6 Å². The first-order valence-corrected chi connectivity index (χ1v) is 5.09. The van der Waals surface area contributed by atoms with Crippen LogP contribution in [0.3, 0.4) is 0 Å². The quantitative estimate of drug-likeness (QED) is 0.601. The molecule has 82 valence electrons. The summed E-state index contributed by atoms with van der Waals surface area (Å²) >= 11 is 0. The van der Waals surface area contributed by atoms with Crippen LogP contribution in [0.25, 0.3) is 0 Å². The molecule has 14 heavy (non-hydrogen) atoms. The lowest BCUT2D eigenvalue weighted by Crippen LogP contribution is -2.50. The molecule has 0 bridgehead atoms. The fourth-order valence-corrected chi connectivity index (χ4v) is 1.45. The average Bonchev–Trinajstić information content (AvgIpc) is 1.92. The van der Waals surface area contributed by atoms with Crippen LogP contribution in [-0.4, -0.2) is 35.2 Å². The molecule has 0 radical (unpaired) electrons. The molecule has 1 aliphatic rings. The van der Waals surface area contributed by atoms with Crippen LogP contribution < -0.4 is 10.6 Å². The summed E-state index contributed by atoms with van der Waals surface area (Å²) in [5, 5.41) is 15.0. The van der Waals surface area contributed by atoms with E-state index in [1.54, 1.807) is 0 Å². The summed E-state index contributed by atoms with van der Waals surface area (Å²) in [5.41, 5.74) is -0.169. The predicted molar refractivity (Wildman–Crippen MR) is 54.9 cm³/mol. The van der Waals surface area contributed by atoms with E-state index in [9.17, 15) is 4.79 Å². The summed E-state index contributed by atoms with van der Waals surface area (Å²) in [5.74, 6) is 0.0129. The molecule has 0 aromatic heterocycles. The molecule has 1 fully saturated rings. The number of aliphatic hydroxyl groups excluding tert-OH is 1. The highest BCUT2D eigenvalue weighted by Crippen LogP contribution is 2.18. The number of amides is 1. The fraction of sp³-hybridized carbons (Fsp3) is 0.900. The number of nitrogens with one attached hydrogen (secondary N) is 2. The van der Waals surface area contributed by atoms with Crippen molar-refractivity contribution in [3.8, 4) is 0 Å². The van der Waals surface area contributed by atoms with Crippen molar-refractivity contribution < 1.29 is 9.90 Å². The molecule has 4 nitrogen and oxygen atoms in total. The Morgan fingerprint density at radius 1 is 1.43 bits per heavy atom. The van der Waals surface area contributed by atoms with Crippen LogP contribution in [-0.2, 0) is 4.79 Å². The van der Waals surface area contributed by atoms with Crippen LogP contribution in [0.4, 0.5) is 0 Å².